The number of nitrogens with one attached hydrogen (secondary N) is 1. The van der Waals surface area contributed by atoms with Crippen molar-refractivity contribution in [3.8, 4) is 0 Å². The van der Waals surface area contributed by atoms with Gasteiger partial charge in [-0.1, -0.05) is 30.3 Å². The lowest BCUT2D eigenvalue weighted by Crippen LogP contribution is -2.51. The Bertz CT molecular complexity index is 458. The number of carbonyl (C=O) groups excluding carboxylic acids is 1. The summed E-state index contributed by atoms with van der Waals surface area (Å²) in [6, 6.07) is 10.6. The molecule has 1 amide bonds. The molecule has 1 atom stereocenters. The highest BCUT2D eigenvalue weighted by Gasteiger charge is 2.28. The number of amides is 1. The van der Waals surface area contributed by atoms with E-state index in [9.17, 15) is 4.79 Å². The second-order valence-corrected chi connectivity index (χ2v) is 6.13. The largest absolute Gasteiger partial charge is 0.340 e. The smallest absolute Gasteiger partial charge is 0.227 e. The van der Waals surface area contributed by atoms with Gasteiger partial charge in [0.25, 0.3) is 0 Å². The first-order valence-electron chi connectivity index (χ1n) is 8.09. The Hall–Kier alpha value is -0.810. The predicted octanol–water partition coefficient (Wildman–Crippen LogP) is 2.17. The van der Waals surface area contributed by atoms with Crippen molar-refractivity contribution in [3.63, 3.8) is 0 Å². The molecule has 2 fully saturated rings. The first kappa shape index (κ1) is 20.2. The van der Waals surface area contributed by atoms with Gasteiger partial charge in [-0.25, -0.2) is 0 Å². The minimum Gasteiger partial charge on any atom is -0.340 e. The summed E-state index contributed by atoms with van der Waals surface area (Å²) >= 11 is 0. The molecule has 0 bridgehead atoms. The van der Waals surface area contributed by atoms with Crippen LogP contribution in [0.25, 0.3) is 0 Å². The molecule has 2 aliphatic rings. The molecule has 2 saturated heterocycles. The second-order valence-electron chi connectivity index (χ2n) is 6.13. The van der Waals surface area contributed by atoms with Gasteiger partial charge in [0.05, 0.1) is 5.92 Å². The fourth-order valence-electron chi connectivity index (χ4n) is 3.29. The summed E-state index contributed by atoms with van der Waals surface area (Å²) in [5.41, 5.74) is 1.36. The molecular weight excluding hydrogens is 333 g/mol. The van der Waals surface area contributed by atoms with Gasteiger partial charge < -0.3 is 10.2 Å². The van der Waals surface area contributed by atoms with E-state index in [1.807, 2.05) is 0 Å². The minimum absolute atomic E-state index is 0. The molecule has 0 spiro atoms. The van der Waals surface area contributed by atoms with Crippen LogP contribution >= 0.6 is 24.8 Å². The average molecular weight is 360 g/mol. The van der Waals surface area contributed by atoms with E-state index in [1.54, 1.807) is 0 Å². The molecule has 0 saturated carbocycles. The van der Waals surface area contributed by atoms with Gasteiger partial charge in [0, 0.05) is 39.3 Å². The number of rotatable bonds is 3. The number of piperidine rings is 1. The van der Waals surface area contributed by atoms with Crippen LogP contribution in [0, 0.1) is 5.92 Å². The van der Waals surface area contributed by atoms with Gasteiger partial charge in [-0.2, -0.15) is 0 Å². The molecule has 4 nitrogen and oxygen atoms in total. The van der Waals surface area contributed by atoms with E-state index in [-0.39, 0.29) is 30.7 Å². The Kier molecular flexibility index (Phi) is 8.92. The van der Waals surface area contributed by atoms with Crippen molar-refractivity contribution in [1.29, 1.82) is 0 Å². The summed E-state index contributed by atoms with van der Waals surface area (Å²) in [6.45, 7) is 6.65. The van der Waals surface area contributed by atoms with Crippen molar-refractivity contribution in [2.24, 2.45) is 5.92 Å². The van der Waals surface area contributed by atoms with Crippen molar-refractivity contribution >= 4 is 30.7 Å². The van der Waals surface area contributed by atoms with E-state index < -0.39 is 0 Å². The lowest BCUT2D eigenvalue weighted by Gasteiger charge is -2.37. The monoisotopic (exact) mass is 359 g/mol. The quantitative estimate of drug-likeness (QED) is 0.898. The van der Waals surface area contributed by atoms with Crippen LogP contribution in [0.3, 0.4) is 0 Å². The van der Waals surface area contributed by atoms with Gasteiger partial charge in [-0.05, 0) is 24.9 Å². The Morgan fingerprint density at radius 3 is 2.39 bits per heavy atom. The highest BCUT2D eigenvalue weighted by molar-refractivity contribution is 5.85. The molecule has 23 heavy (non-hydrogen) atoms. The molecule has 3 rings (SSSR count). The van der Waals surface area contributed by atoms with Gasteiger partial charge in [0.1, 0.15) is 0 Å². The molecule has 130 valence electrons. The Balaban J connectivity index is 0.00000132. The van der Waals surface area contributed by atoms with E-state index in [0.717, 1.165) is 58.7 Å². The molecular formula is C17H27Cl2N3O. The van der Waals surface area contributed by atoms with Gasteiger partial charge in [0.15, 0.2) is 0 Å². The first-order chi connectivity index (χ1) is 10.3. The zero-order chi connectivity index (χ0) is 14.5. The third kappa shape index (κ3) is 5.64. The number of hydrogen-bond acceptors (Lipinski definition) is 3. The number of nitrogens with zero attached hydrogens (tertiary/aromatic N) is 2. The number of benzene rings is 1. The maximum absolute atomic E-state index is 12.5. The molecule has 0 unspecified atom stereocenters. The van der Waals surface area contributed by atoms with Crippen molar-refractivity contribution in [3.05, 3.63) is 35.9 Å². The SMILES string of the molecule is Cl.Cl.O=C([C@@H]1CCCNC1)N1CCN(Cc2ccccc2)CC1. The number of hydrogen-bond donors (Lipinski definition) is 1. The standard InChI is InChI=1S/C17H25N3O.2ClH/c21-17(16-7-4-8-18-13-16)20-11-9-19(10-12-20)14-15-5-2-1-3-6-15;;/h1-3,5-6,16,18H,4,7-14H2;2*1H/t16-;;/m1../s1. The van der Waals surface area contributed by atoms with Crippen LogP contribution in [-0.2, 0) is 11.3 Å². The summed E-state index contributed by atoms with van der Waals surface area (Å²) in [4.78, 5) is 17.0. The van der Waals surface area contributed by atoms with E-state index >= 15 is 0 Å². The van der Waals surface area contributed by atoms with Gasteiger partial charge >= 0.3 is 0 Å². The third-order valence-electron chi connectivity index (χ3n) is 4.58. The molecule has 1 N–H and O–H groups in total. The summed E-state index contributed by atoms with van der Waals surface area (Å²) in [6.07, 6.45) is 2.18. The normalized spacial score (nSPS) is 21.9. The number of piperazine rings is 1. The van der Waals surface area contributed by atoms with Crippen molar-refractivity contribution in [2.75, 3.05) is 39.3 Å². The fraction of sp³-hybridized carbons (Fsp3) is 0.588. The zero-order valence-corrected chi connectivity index (χ0v) is 15.1. The lowest BCUT2D eigenvalue weighted by atomic mass is 9.98. The Morgan fingerprint density at radius 2 is 1.78 bits per heavy atom. The molecule has 2 heterocycles. The average Bonchev–Trinajstić information content (AvgIpc) is 2.57. The topological polar surface area (TPSA) is 35.6 Å². The van der Waals surface area contributed by atoms with Crippen LogP contribution in [0.2, 0.25) is 0 Å². The van der Waals surface area contributed by atoms with Crippen LogP contribution in [0.5, 0.6) is 0 Å². The van der Waals surface area contributed by atoms with E-state index in [1.165, 1.54) is 5.56 Å². The van der Waals surface area contributed by atoms with Crippen LogP contribution in [-0.4, -0.2) is 55.0 Å². The molecule has 6 heteroatoms. The molecule has 1 aromatic carbocycles. The Labute approximate surface area is 151 Å². The van der Waals surface area contributed by atoms with Crippen LogP contribution in [0.15, 0.2) is 30.3 Å². The zero-order valence-electron chi connectivity index (χ0n) is 13.4. The van der Waals surface area contributed by atoms with Gasteiger partial charge in [0.2, 0.25) is 5.91 Å². The number of carbonyl (C=O) groups is 1. The maximum Gasteiger partial charge on any atom is 0.227 e. The molecule has 1 aromatic rings. The fourth-order valence-corrected chi connectivity index (χ4v) is 3.29. The molecule has 0 radical (unpaired) electrons. The molecule has 2 aliphatic heterocycles. The van der Waals surface area contributed by atoms with E-state index in [0.29, 0.717) is 5.91 Å². The van der Waals surface area contributed by atoms with Crippen molar-refractivity contribution < 1.29 is 4.79 Å². The third-order valence-corrected chi connectivity index (χ3v) is 4.58. The van der Waals surface area contributed by atoms with Crippen molar-refractivity contribution in [2.45, 2.75) is 19.4 Å². The van der Waals surface area contributed by atoms with E-state index in [4.69, 9.17) is 0 Å². The summed E-state index contributed by atoms with van der Waals surface area (Å²) in [5, 5.41) is 3.34. The van der Waals surface area contributed by atoms with Gasteiger partial charge in [-0.3, -0.25) is 9.69 Å². The Morgan fingerprint density at radius 1 is 1.09 bits per heavy atom. The summed E-state index contributed by atoms with van der Waals surface area (Å²) in [7, 11) is 0. The molecule has 0 aliphatic carbocycles. The van der Waals surface area contributed by atoms with Gasteiger partial charge in [-0.15, -0.1) is 24.8 Å². The highest BCUT2D eigenvalue weighted by atomic mass is 35.5. The lowest BCUT2D eigenvalue weighted by molar-refractivity contribution is -0.137. The van der Waals surface area contributed by atoms with Crippen LogP contribution < -0.4 is 5.32 Å². The first-order valence-corrected chi connectivity index (χ1v) is 8.09. The highest BCUT2D eigenvalue weighted by Crippen LogP contribution is 2.16. The molecule has 0 aromatic heterocycles. The van der Waals surface area contributed by atoms with E-state index in [2.05, 4.69) is 45.4 Å². The number of halogens is 2. The van der Waals surface area contributed by atoms with Crippen LogP contribution in [0.1, 0.15) is 18.4 Å². The minimum atomic E-state index is 0. The van der Waals surface area contributed by atoms with Crippen LogP contribution in [0.4, 0.5) is 0 Å². The summed E-state index contributed by atoms with van der Waals surface area (Å²) in [5.74, 6) is 0.570. The van der Waals surface area contributed by atoms with Crippen molar-refractivity contribution in [1.82, 2.24) is 15.1 Å². The maximum atomic E-state index is 12.5. The predicted molar refractivity (Wildman–Crippen MR) is 98.4 cm³/mol. The summed E-state index contributed by atoms with van der Waals surface area (Å²) < 4.78 is 0. The second kappa shape index (κ2) is 10.1.